The second-order valence-electron chi connectivity index (χ2n) is 6.67. The highest BCUT2D eigenvalue weighted by Crippen LogP contribution is 2.28. The van der Waals surface area contributed by atoms with Crippen LogP contribution >= 0.6 is 12.4 Å². The molecule has 0 aromatic heterocycles. The van der Waals surface area contributed by atoms with Gasteiger partial charge >= 0.3 is 6.61 Å². The molecular weight excluding hydrogens is 350 g/mol. The molecule has 7 heteroatoms. The van der Waals surface area contributed by atoms with Crippen molar-refractivity contribution in [2.24, 2.45) is 5.92 Å². The SMILES string of the molecule is Cl.O=C(Cc1ccccc1OC(F)F)N1CCC(NCC2CC2)CC1. The summed E-state index contributed by atoms with van der Waals surface area (Å²) in [6.07, 6.45) is 4.68. The van der Waals surface area contributed by atoms with Crippen molar-refractivity contribution in [1.29, 1.82) is 0 Å². The van der Waals surface area contributed by atoms with E-state index in [9.17, 15) is 13.6 Å². The highest BCUT2D eigenvalue weighted by Gasteiger charge is 2.26. The minimum Gasteiger partial charge on any atom is -0.435 e. The molecule has 1 saturated heterocycles. The van der Waals surface area contributed by atoms with E-state index >= 15 is 0 Å². The number of piperidine rings is 1. The van der Waals surface area contributed by atoms with Gasteiger partial charge in [0.15, 0.2) is 0 Å². The molecule has 0 spiro atoms. The van der Waals surface area contributed by atoms with Crippen LogP contribution in [0.2, 0.25) is 0 Å². The number of para-hydroxylation sites is 1. The lowest BCUT2D eigenvalue weighted by Gasteiger charge is -2.32. The summed E-state index contributed by atoms with van der Waals surface area (Å²) in [5, 5.41) is 3.58. The van der Waals surface area contributed by atoms with Gasteiger partial charge in [0, 0.05) is 24.7 Å². The van der Waals surface area contributed by atoms with Crippen molar-refractivity contribution in [3.8, 4) is 5.75 Å². The number of nitrogens with zero attached hydrogens (tertiary/aromatic N) is 1. The minimum absolute atomic E-state index is 0. The molecule has 4 nitrogen and oxygen atoms in total. The average molecular weight is 375 g/mol. The van der Waals surface area contributed by atoms with Crippen LogP contribution in [-0.4, -0.2) is 43.1 Å². The fraction of sp³-hybridized carbons (Fsp3) is 0.611. The Labute approximate surface area is 153 Å². The van der Waals surface area contributed by atoms with Gasteiger partial charge in [0.05, 0.1) is 6.42 Å². The second kappa shape index (κ2) is 9.34. The van der Waals surface area contributed by atoms with E-state index < -0.39 is 6.61 Å². The number of alkyl halides is 2. The van der Waals surface area contributed by atoms with E-state index in [0.29, 0.717) is 11.6 Å². The van der Waals surface area contributed by atoms with E-state index in [-0.39, 0.29) is 30.5 Å². The minimum atomic E-state index is -2.88. The highest BCUT2D eigenvalue weighted by molar-refractivity contribution is 5.85. The maximum absolute atomic E-state index is 12.5. The van der Waals surface area contributed by atoms with E-state index in [1.807, 2.05) is 4.90 Å². The molecule has 140 valence electrons. The smallest absolute Gasteiger partial charge is 0.387 e. The van der Waals surface area contributed by atoms with E-state index in [1.54, 1.807) is 18.2 Å². The normalized spacial score (nSPS) is 18.1. The third-order valence-electron chi connectivity index (χ3n) is 4.77. The molecule has 3 rings (SSSR count). The van der Waals surface area contributed by atoms with Gasteiger partial charge in [-0.2, -0.15) is 8.78 Å². The number of amides is 1. The quantitative estimate of drug-likeness (QED) is 0.796. The third-order valence-corrected chi connectivity index (χ3v) is 4.77. The molecule has 0 unspecified atom stereocenters. The number of hydrogen-bond donors (Lipinski definition) is 1. The van der Waals surface area contributed by atoms with Gasteiger partial charge in [0.1, 0.15) is 5.75 Å². The summed E-state index contributed by atoms with van der Waals surface area (Å²) < 4.78 is 29.4. The van der Waals surface area contributed by atoms with Crippen LogP contribution in [-0.2, 0) is 11.2 Å². The molecule has 2 fully saturated rings. The van der Waals surface area contributed by atoms with E-state index in [1.165, 1.54) is 18.9 Å². The Morgan fingerprint density at radius 1 is 1.20 bits per heavy atom. The van der Waals surface area contributed by atoms with Crippen LogP contribution in [0.5, 0.6) is 5.75 Å². The monoisotopic (exact) mass is 374 g/mol. The predicted molar refractivity (Wildman–Crippen MR) is 94.4 cm³/mol. The molecule has 25 heavy (non-hydrogen) atoms. The molecule has 1 aromatic carbocycles. The first kappa shape index (κ1) is 19.9. The lowest BCUT2D eigenvalue weighted by molar-refractivity contribution is -0.131. The Bertz CT molecular complexity index is 562. The van der Waals surface area contributed by atoms with Gasteiger partial charge in [-0.15, -0.1) is 12.4 Å². The molecule has 1 aliphatic carbocycles. The fourth-order valence-corrected chi connectivity index (χ4v) is 3.12. The molecule has 0 radical (unpaired) electrons. The zero-order chi connectivity index (χ0) is 16.9. The molecule has 1 N–H and O–H groups in total. The van der Waals surface area contributed by atoms with Crippen LogP contribution in [0.25, 0.3) is 0 Å². The lowest BCUT2D eigenvalue weighted by atomic mass is 10.0. The van der Waals surface area contributed by atoms with Gasteiger partial charge in [-0.3, -0.25) is 4.79 Å². The topological polar surface area (TPSA) is 41.6 Å². The first-order chi connectivity index (χ1) is 11.6. The summed E-state index contributed by atoms with van der Waals surface area (Å²) in [4.78, 5) is 14.3. The van der Waals surface area contributed by atoms with Crippen molar-refractivity contribution in [1.82, 2.24) is 10.2 Å². The van der Waals surface area contributed by atoms with E-state index in [0.717, 1.165) is 38.4 Å². The number of benzene rings is 1. The van der Waals surface area contributed by atoms with Gasteiger partial charge in [-0.25, -0.2) is 0 Å². The van der Waals surface area contributed by atoms with Gasteiger partial charge in [-0.05, 0) is 44.2 Å². The highest BCUT2D eigenvalue weighted by atomic mass is 35.5. The molecule has 2 aliphatic rings. The van der Waals surface area contributed by atoms with Crippen LogP contribution in [0.15, 0.2) is 24.3 Å². The van der Waals surface area contributed by atoms with Crippen molar-refractivity contribution in [2.75, 3.05) is 19.6 Å². The molecule has 1 saturated carbocycles. The van der Waals surface area contributed by atoms with Crippen LogP contribution in [0.1, 0.15) is 31.2 Å². The first-order valence-electron chi connectivity index (χ1n) is 8.65. The number of likely N-dealkylation sites (tertiary alicyclic amines) is 1. The van der Waals surface area contributed by atoms with Crippen molar-refractivity contribution in [3.05, 3.63) is 29.8 Å². The maximum Gasteiger partial charge on any atom is 0.387 e. The third kappa shape index (κ3) is 6.12. The van der Waals surface area contributed by atoms with Crippen LogP contribution in [0.4, 0.5) is 8.78 Å². The number of nitrogens with one attached hydrogen (secondary N) is 1. The molecule has 1 aromatic rings. The van der Waals surface area contributed by atoms with Crippen molar-refractivity contribution in [2.45, 2.75) is 44.8 Å². The van der Waals surface area contributed by atoms with E-state index in [4.69, 9.17) is 0 Å². The van der Waals surface area contributed by atoms with Crippen LogP contribution < -0.4 is 10.1 Å². The number of carbonyl (C=O) groups excluding carboxylic acids is 1. The summed E-state index contributed by atoms with van der Waals surface area (Å²) in [5.74, 6) is 0.916. The molecular formula is C18H25ClF2N2O2. The Kier molecular flexibility index (Phi) is 7.44. The predicted octanol–water partition coefficient (Wildman–Crippen LogP) is 3.24. The molecule has 0 atom stereocenters. The van der Waals surface area contributed by atoms with Crippen molar-refractivity contribution in [3.63, 3.8) is 0 Å². The number of rotatable bonds is 7. The largest absolute Gasteiger partial charge is 0.435 e. The molecule has 1 aliphatic heterocycles. The van der Waals surface area contributed by atoms with Crippen molar-refractivity contribution >= 4 is 18.3 Å². The Morgan fingerprint density at radius 2 is 1.88 bits per heavy atom. The molecule has 1 amide bonds. The second-order valence-corrected chi connectivity index (χ2v) is 6.67. The number of halogens is 3. The van der Waals surface area contributed by atoms with Gasteiger partial charge in [0.2, 0.25) is 5.91 Å². The van der Waals surface area contributed by atoms with Gasteiger partial charge in [-0.1, -0.05) is 18.2 Å². The number of ether oxygens (including phenoxy) is 1. The Morgan fingerprint density at radius 3 is 2.52 bits per heavy atom. The zero-order valence-electron chi connectivity index (χ0n) is 14.1. The number of carbonyl (C=O) groups is 1. The average Bonchev–Trinajstić information content (AvgIpc) is 3.39. The van der Waals surface area contributed by atoms with E-state index in [2.05, 4.69) is 10.1 Å². The Balaban J connectivity index is 0.00000225. The van der Waals surface area contributed by atoms with Crippen molar-refractivity contribution < 1.29 is 18.3 Å². The lowest BCUT2D eigenvalue weighted by Crippen LogP contribution is -2.45. The summed E-state index contributed by atoms with van der Waals surface area (Å²) in [5.41, 5.74) is 0.511. The first-order valence-corrected chi connectivity index (χ1v) is 8.65. The molecule has 0 bridgehead atoms. The summed E-state index contributed by atoms with van der Waals surface area (Å²) in [6.45, 7) is -0.343. The summed E-state index contributed by atoms with van der Waals surface area (Å²) in [6, 6.07) is 6.99. The zero-order valence-corrected chi connectivity index (χ0v) is 14.9. The number of hydrogen-bond acceptors (Lipinski definition) is 3. The standard InChI is InChI=1S/C18H24F2N2O2.ClH/c19-18(20)24-16-4-2-1-3-14(16)11-17(23)22-9-7-15(8-10-22)21-12-13-5-6-13;/h1-4,13,15,18,21H,5-12H2;1H. The fourth-order valence-electron chi connectivity index (χ4n) is 3.12. The Hall–Kier alpha value is -1.40. The summed E-state index contributed by atoms with van der Waals surface area (Å²) >= 11 is 0. The van der Waals surface area contributed by atoms with Gasteiger partial charge in [0.25, 0.3) is 0 Å². The van der Waals surface area contributed by atoms with Crippen LogP contribution in [0, 0.1) is 5.92 Å². The van der Waals surface area contributed by atoms with Crippen LogP contribution in [0.3, 0.4) is 0 Å². The molecule has 1 heterocycles. The summed E-state index contributed by atoms with van der Waals surface area (Å²) in [7, 11) is 0. The maximum atomic E-state index is 12.5. The van der Waals surface area contributed by atoms with Gasteiger partial charge < -0.3 is 15.0 Å².